The Labute approximate surface area is 191 Å². The van der Waals surface area contributed by atoms with Crippen LogP contribution < -0.4 is 4.74 Å². The van der Waals surface area contributed by atoms with Crippen molar-refractivity contribution in [2.24, 2.45) is 10.9 Å². The Balaban J connectivity index is 1.28. The molecule has 32 heavy (non-hydrogen) atoms. The first-order valence-corrected chi connectivity index (χ1v) is 11.9. The quantitative estimate of drug-likeness (QED) is 0.504. The van der Waals surface area contributed by atoms with E-state index in [9.17, 15) is 4.79 Å². The van der Waals surface area contributed by atoms with Crippen LogP contribution in [-0.4, -0.2) is 35.7 Å². The zero-order valence-electron chi connectivity index (χ0n) is 19.1. The number of hydrogen-bond acceptors (Lipinski definition) is 3. The van der Waals surface area contributed by atoms with Gasteiger partial charge in [0.1, 0.15) is 11.9 Å². The van der Waals surface area contributed by atoms with E-state index in [1.54, 1.807) is 0 Å². The van der Waals surface area contributed by atoms with Crippen LogP contribution >= 0.6 is 0 Å². The third-order valence-corrected chi connectivity index (χ3v) is 7.31. The highest BCUT2D eigenvalue weighted by atomic mass is 16.5. The summed E-state index contributed by atoms with van der Waals surface area (Å²) in [7, 11) is 0. The van der Waals surface area contributed by atoms with E-state index >= 15 is 0 Å². The van der Waals surface area contributed by atoms with Crippen LogP contribution in [0.5, 0.6) is 5.75 Å². The monoisotopic (exact) mass is 428 g/mol. The minimum absolute atomic E-state index is 0.194. The standard InChI is InChI=1S/C28H32N2O2/c1-4-5-20-10-15-26(18(2)27(20)29-3)19-8-13-24(14-9-19)32-25-16-22-11-12-23(17-25)30(22)28(31)21-6-7-21/h4-5,8-10,13-15,21-23,25H,3,6-7,11-12,16-17H2,1-2H3/b5-4-/t22-,23+,25?. The maximum Gasteiger partial charge on any atom is 0.226 e. The van der Waals surface area contributed by atoms with Crippen LogP contribution in [0.4, 0.5) is 5.69 Å². The van der Waals surface area contributed by atoms with Gasteiger partial charge in [-0.25, -0.2) is 0 Å². The summed E-state index contributed by atoms with van der Waals surface area (Å²) in [5.74, 6) is 1.63. The fourth-order valence-corrected chi connectivity index (χ4v) is 5.59. The van der Waals surface area contributed by atoms with Crippen molar-refractivity contribution in [2.75, 3.05) is 0 Å². The van der Waals surface area contributed by atoms with Crippen molar-refractivity contribution in [1.82, 2.24) is 4.90 Å². The molecule has 4 heteroatoms. The summed E-state index contributed by atoms with van der Waals surface area (Å²) in [5.41, 5.74) is 5.47. The second kappa shape index (κ2) is 8.57. The van der Waals surface area contributed by atoms with Crippen molar-refractivity contribution in [3.05, 3.63) is 53.6 Å². The van der Waals surface area contributed by atoms with Crippen LogP contribution in [0.2, 0.25) is 0 Å². The van der Waals surface area contributed by atoms with E-state index in [2.05, 4.69) is 66.0 Å². The Bertz CT molecular complexity index is 1040. The minimum Gasteiger partial charge on any atom is -0.490 e. The number of piperidine rings is 1. The van der Waals surface area contributed by atoms with Crippen molar-refractivity contribution >= 4 is 24.4 Å². The number of rotatable bonds is 6. The summed E-state index contributed by atoms with van der Waals surface area (Å²) >= 11 is 0. The molecule has 1 amide bonds. The second-order valence-electron chi connectivity index (χ2n) is 9.47. The molecule has 3 fully saturated rings. The summed E-state index contributed by atoms with van der Waals surface area (Å²) in [4.78, 5) is 19.1. The lowest BCUT2D eigenvalue weighted by atomic mass is 9.96. The summed E-state index contributed by atoms with van der Waals surface area (Å²) in [5, 5.41) is 0. The molecular formula is C28H32N2O2. The average Bonchev–Trinajstić information content (AvgIpc) is 3.60. The first kappa shape index (κ1) is 21.0. The van der Waals surface area contributed by atoms with E-state index in [0.717, 1.165) is 72.2 Å². The third-order valence-electron chi connectivity index (χ3n) is 7.31. The number of ether oxygens (including phenoxy) is 1. The molecule has 0 spiro atoms. The fraction of sp³-hybridized carbons (Fsp3) is 0.429. The number of allylic oxidation sites excluding steroid dienone is 1. The minimum atomic E-state index is 0.194. The highest BCUT2D eigenvalue weighted by Gasteiger charge is 2.47. The van der Waals surface area contributed by atoms with Crippen LogP contribution in [0.15, 0.2) is 47.5 Å². The SMILES string of the molecule is C=Nc1c(/C=C\C)ccc(-c2ccc(OC3C[C@H]4CC[C@@H](C3)N4C(=O)C3CC3)cc2)c1C. The van der Waals surface area contributed by atoms with Gasteiger partial charge in [0.05, 0.1) is 5.69 Å². The highest BCUT2D eigenvalue weighted by molar-refractivity contribution is 5.82. The van der Waals surface area contributed by atoms with Crippen molar-refractivity contribution in [1.29, 1.82) is 0 Å². The zero-order chi connectivity index (χ0) is 22.2. The predicted octanol–water partition coefficient (Wildman–Crippen LogP) is 6.34. The van der Waals surface area contributed by atoms with E-state index in [-0.39, 0.29) is 6.10 Å². The molecule has 0 aromatic heterocycles. The maximum absolute atomic E-state index is 12.7. The van der Waals surface area contributed by atoms with Gasteiger partial charge in [0, 0.05) is 36.4 Å². The molecule has 2 aliphatic heterocycles. The van der Waals surface area contributed by atoms with Crippen molar-refractivity contribution < 1.29 is 9.53 Å². The lowest BCUT2D eigenvalue weighted by Gasteiger charge is -2.39. The Morgan fingerprint density at radius 1 is 1.06 bits per heavy atom. The average molecular weight is 429 g/mol. The number of nitrogens with zero attached hydrogens (tertiary/aromatic N) is 2. The number of carbonyl (C=O) groups excluding carboxylic acids is 1. The molecule has 3 atom stereocenters. The molecule has 1 aliphatic carbocycles. The van der Waals surface area contributed by atoms with Gasteiger partial charge in [0.25, 0.3) is 0 Å². The molecule has 166 valence electrons. The van der Waals surface area contributed by atoms with Gasteiger partial charge >= 0.3 is 0 Å². The number of aliphatic imine (C=N–C) groups is 1. The zero-order valence-corrected chi connectivity index (χ0v) is 19.1. The first-order valence-electron chi connectivity index (χ1n) is 11.9. The molecule has 2 aromatic carbocycles. The summed E-state index contributed by atoms with van der Waals surface area (Å²) in [6, 6.07) is 13.4. The lowest BCUT2D eigenvalue weighted by Crippen LogP contribution is -2.49. The van der Waals surface area contributed by atoms with Crippen molar-refractivity contribution in [3.8, 4) is 16.9 Å². The number of hydrogen-bond donors (Lipinski definition) is 0. The van der Waals surface area contributed by atoms with E-state index in [0.29, 0.717) is 23.9 Å². The Morgan fingerprint density at radius 2 is 1.75 bits per heavy atom. The smallest absolute Gasteiger partial charge is 0.226 e. The maximum atomic E-state index is 12.7. The molecule has 3 aliphatic rings. The molecule has 1 unspecified atom stereocenters. The molecule has 4 nitrogen and oxygen atoms in total. The molecule has 1 saturated carbocycles. The Kier molecular flexibility index (Phi) is 5.62. The molecule has 2 bridgehead atoms. The molecule has 0 N–H and O–H groups in total. The highest BCUT2D eigenvalue weighted by Crippen LogP contribution is 2.42. The summed E-state index contributed by atoms with van der Waals surface area (Å²) in [6.45, 7) is 7.88. The van der Waals surface area contributed by atoms with Gasteiger partial charge in [-0.1, -0.05) is 36.4 Å². The lowest BCUT2D eigenvalue weighted by molar-refractivity contribution is -0.138. The topological polar surface area (TPSA) is 41.9 Å². The van der Waals surface area contributed by atoms with Crippen LogP contribution in [0.3, 0.4) is 0 Å². The van der Waals surface area contributed by atoms with Gasteiger partial charge in [-0.05, 0) is 75.1 Å². The molecule has 2 heterocycles. The molecule has 2 saturated heterocycles. The van der Waals surface area contributed by atoms with Gasteiger partial charge in [-0.2, -0.15) is 0 Å². The Morgan fingerprint density at radius 3 is 2.34 bits per heavy atom. The van der Waals surface area contributed by atoms with Crippen LogP contribution in [-0.2, 0) is 4.79 Å². The summed E-state index contributed by atoms with van der Waals surface area (Å²) in [6.07, 6.45) is 10.6. The summed E-state index contributed by atoms with van der Waals surface area (Å²) < 4.78 is 6.38. The number of amides is 1. The number of benzene rings is 2. The van der Waals surface area contributed by atoms with Gasteiger partial charge in [-0.3, -0.25) is 9.79 Å². The largest absolute Gasteiger partial charge is 0.490 e. The Hall–Kier alpha value is -2.88. The molecular weight excluding hydrogens is 396 g/mol. The van der Waals surface area contributed by atoms with Crippen LogP contribution in [0, 0.1) is 12.8 Å². The molecule has 2 aromatic rings. The molecule has 5 rings (SSSR count). The van der Waals surface area contributed by atoms with Gasteiger partial charge in [-0.15, -0.1) is 0 Å². The van der Waals surface area contributed by atoms with Gasteiger partial charge in [0.2, 0.25) is 5.91 Å². The van der Waals surface area contributed by atoms with Crippen molar-refractivity contribution in [2.45, 2.75) is 70.6 Å². The van der Waals surface area contributed by atoms with Gasteiger partial charge < -0.3 is 9.64 Å². The predicted molar refractivity (Wildman–Crippen MR) is 131 cm³/mol. The van der Waals surface area contributed by atoms with E-state index in [1.165, 1.54) is 0 Å². The third kappa shape index (κ3) is 3.87. The first-order chi connectivity index (χ1) is 15.6. The van der Waals surface area contributed by atoms with Crippen LogP contribution in [0.25, 0.3) is 17.2 Å². The van der Waals surface area contributed by atoms with E-state index in [1.807, 2.05) is 13.0 Å². The number of carbonyl (C=O) groups is 1. The second-order valence-corrected chi connectivity index (χ2v) is 9.47. The van der Waals surface area contributed by atoms with E-state index < -0.39 is 0 Å². The van der Waals surface area contributed by atoms with Crippen molar-refractivity contribution in [3.63, 3.8) is 0 Å². The van der Waals surface area contributed by atoms with Gasteiger partial charge in [0.15, 0.2) is 0 Å². The molecule has 0 radical (unpaired) electrons. The fourth-order valence-electron chi connectivity index (χ4n) is 5.59. The van der Waals surface area contributed by atoms with Crippen LogP contribution in [0.1, 0.15) is 56.6 Å². The normalized spacial score (nSPS) is 24.7. The number of fused-ring (bicyclic) bond motifs is 2. The van der Waals surface area contributed by atoms with E-state index in [4.69, 9.17) is 4.74 Å².